The summed E-state index contributed by atoms with van der Waals surface area (Å²) in [5, 5.41) is 10.1. The molecule has 4 heteroatoms. The highest BCUT2D eigenvalue weighted by Crippen LogP contribution is 1.73. The maximum Gasteiger partial charge on any atom is 0.154 e. The molecule has 13 heavy (non-hydrogen) atoms. The van der Waals surface area contributed by atoms with Crippen molar-refractivity contribution in [3.05, 3.63) is 0 Å². The second kappa shape index (κ2) is 7.00. The first-order chi connectivity index (χ1) is 6.39. The van der Waals surface area contributed by atoms with Crippen molar-refractivity contribution in [1.29, 1.82) is 0 Å². The van der Waals surface area contributed by atoms with Gasteiger partial charge in [0.25, 0.3) is 0 Å². The number of rotatable bonds is 0. The van der Waals surface area contributed by atoms with Gasteiger partial charge < -0.3 is 16.0 Å². The summed E-state index contributed by atoms with van der Waals surface area (Å²) < 4.78 is 2.11. The van der Waals surface area contributed by atoms with E-state index in [0.29, 0.717) is 0 Å². The molecular formula is C9H21N4+. The van der Waals surface area contributed by atoms with Gasteiger partial charge in [0.2, 0.25) is 0 Å². The van der Waals surface area contributed by atoms with Crippen molar-refractivity contribution < 1.29 is 4.58 Å². The Morgan fingerprint density at radius 2 is 1.08 bits per heavy atom. The third-order valence-corrected chi connectivity index (χ3v) is 2.17. The van der Waals surface area contributed by atoms with Crippen LogP contribution in [0.3, 0.4) is 0 Å². The third-order valence-electron chi connectivity index (χ3n) is 2.17. The van der Waals surface area contributed by atoms with E-state index in [2.05, 4.69) is 27.2 Å². The molecule has 1 heterocycles. The van der Waals surface area contributed by atoms with Gasteiger partial charge in [-0.15, -0.1) is 0 Å². The molecule has 0 saturated carbocycles. The van der Waals surface area contributed by atoms with Crippen LogP contribution in [-0.2, 0) is 0 Å². The molecule has 1 fully saturated rings. The molecule has 0 aromatic heterocycles. The summed E-state index contributed by atoms with van der Waals surface area (Å²) in [5.74, 6) is 0. The number of nitrogens with one attached hydrogen (secondary N) is 3. The van der Waals surface area contributed by atoms with Crippen LogP contribution >= 0.6 is 0 Å². The van der Waals surface area contributed by atoms with Crippen molar-refractivity contribution in [3.63, 3.8) is 0 Å². The van der Waals surface area contributed by atoms with Crippen LogP contribution in [0.2, 0.25) is 0 Å². The Kier molecular flexibility index (Phi) is 5.73. The number of hydrogen-bond acceptors (Lipinski definition) is 3. The minimum atomic E-state index is 1.03. The first-order valence-corrected chi connectivity index (χ1v) is 5.07. The van der Waals surface area contributed by atoms with Crippen molar-refractivity contribution in [2.45, 2.75) is 0 Å². The Hall–Kier alpha value is -0.450. The van der Waals surface area contributed by atoms with Crippen molar-refractivity contribution >= 4 is 6.72 Å². The third kappa shape index (κ3) is 5.74. The molecule has 0 unspecified atom stereocenters. The molecule has 1 aliphatic rings. The summed E-state index contributed by atoms with van der Waals surface area (Å²) in [6.07, 6.45) is 0. The van der Waals surface area contributed by atoms with E-state index < -0.39 is 0 Å². The predicted molar refractivity (Wildman–Crippen MR) is 55.7 cm³/mol. The highest BCUT2D eigenvalue weighted by molar-refractivity contribution is 5.14. The van der Waals surface area contributed by atoms with E-state index in [1.54, 1.807) is 0 Å². The Morgan fingerprint density at radius 3 is 1.54 bits per heavy atom. The van der Waals surface area contributed by atoms with Gasteiger partial charge in [-0.25, -0.2) is 4.58 Å². The molecule has 0 atom stereocenters. The highest BCUT2D eigenvalue weighted by Gasteiger charge is 2.00. The van der Waals surface area contributed by atoms with E-state index in [4.69, 9.17) is 0 Å². The average molecular weight is 185 g/mol. The predicted octanol–water partition coefficient (Wildman–Crippen LogP) is -1.52. The fourth-order valence-corrected chi connectivity index (χ4v) is 1.31. The largest absolute Gasteiger partial charge is 0.314 e. The van der Waals surface area contributed by atoms with Crippen LogP contribution in [0.5, 0.6) is 0 Å². The smallest absolute Gasteiger partial charge is 0.154 e. The van der Waals surface area contributed by atoms with Gasteiger partial charge in [0.1, 0.15) is 6.72 Å². The molecule has 0 aliphatic carbocycles. The Labute approximate surface area is 80.4 Å². The van der Waals surface area contributed by atoms with Crippen molar-refractivity contribution in [2.75, 3.05) is 52.4 Å². The van der Waals surface area contributed by atoms with Crippen molar-refractivity contribution in [1.82, 2.24) is 16.0 Å². The van der Waals surface area contributed by atoms with Crippen LogP contribution < -0.4 is 16.0 Å². The van der Waals surface area contributed by atoms with E-state index in [-0.39, 0.29) is 0 Å². The minimum Gasteiger partial charge on any atom is -0.314 e. The molecule has 4 nitrogen and oxygen atoms in total. The summed E-state index contributed by atoms with van der Waals surface area (Å²) in [7, 11) is 0. The minimum absolute atomic E-state index is 1.03. The van der Waals surface area contributed by atoms with Crippen LogP contribution in [0.25, 0.3) is 0 Å². The lowest BCUT2D eigenvalue weighted by Crippen LogP contribution is -2.38. The first kappa shape index (κ1) is 10.6. The number of nitrogens with zero attached hydrogens (tertiary/aromatic N) is 1. The summed E-state index contributed by atoms with van der Waals surface area (Å²) in [4.78, 5) is 0. The summed E-state index contributed by atoms with van der Waals surface area (Å²) in [6, 6.07) is 0. The first-order valence-electron chi connectivity index (χ1n) is 5.07. The molecule has 0 radical (unpaired) electrons. The number of hydrogen-bond donors (Lipinski definition) is 3. The Morgan fingerprint density at radius 1 is 0.692 bits per heavy atom. The van der Waals surface area contributed by atoms with E-state index in [1.807, 2.05) is 0 Å². The zero-order chi connectivity index (χ0) is 9.36. The average Bonchev–Trinajstić information content (AvgIpc) is 2.11. The second-order valence-corrected chi connectivity index (χ2v) is 3.37. The SMILES string of the molecule is C=[N+]1CCNCCNCCNCC1. The summed E-state index contributed by atoms with van der Waals surface area (Å²) >= 11 is 0. The van der Waals surface area contributed by atoms with Crippen LogP contribution in [-0.4, -0.2) is 63.7 Å². The summed E-state index contributed by atoms with van der Waals surface area (Å²) in [5.41, 5.74) is 0. The monoisotopic (exact) mass is 185 g/mol. The second-order valence-electron chi connectivity index (χ2n) is 3.37. The lowest BCUT2D eigenvalue weighted by Gasteiger charge is -2.09. The van der Waals surface area contributed by atoms with Gasteiger partial charge in [0, 0.05) is 26.2 Å². The van der Waals surface area contributed by atoms with Crippen molar-refractivity contribution in [3.8, 4) is 0 Å². The van der Waals surface area contributed by atoms with Gasteiger partial charge in [-0.2, -0.15) is 0 Å². The molecule has 0 spiro atoms. The van der Waals surface area contributed by atoms with Crippen LogP contribution in [0.1, 0.15) is 0 Å². The van der Waals surface area contributed by atoms with E-state index >= 15 is 0 Å². The van der Waals surface area contributed by atoms with Crippen LogP contribution in [0.4, 0.5) is 0 Å². The lowest BCUT2D eigenvalue weighted by molar-refractivity contribution is -0.515. The quantitative estimate of drug-likeness (QED) is 0.402. The topological polar surface area (TPSA) is 39.1 Å². The fourth-order valence-electron chi connectivity index (χ4n) is 1.31. The van der Waals surface area contributed by atoms with Gasteiger partial charge in [-0.3, -0.25) is 0 Å². The van der Waals surface area contributed by atoms with Crippen LogP contribution in [0, 0.1) is 0 Å². The molecule has 0 bridgehead atoms. The molecule has 1 aliphatic heterocycles. The fraction of sp³-hybridized carbons (Fsp3) is 0.889. The molecular weight excluding hydrogens is 164 g/mol. The normalized spacial score (nSPS) is 23.2. The Bertz CT molecular complexity index is 133. The Balaban J connectivity index is 2.14. The van der Waals surface area contributed by atoms with Gasteiger partial charge in [-0.1, -0.05) is 0 Å². The molecule has 1 saturated heterocycles. The lowest BCUT2D eigenvalue weighted by atomic mass is 10.4. The maximum absolute atomic E-state index is 3.96. The highest BCUT2D eigenvalue weighted by atomic mass is 15.1. The maximum atomic E-state index is 3.96. The molecule has 3 N–H and O–H groups in total. The molecule has 0 aromatic carbocycles. The standard InChI is InChI=1S/C9H21N4/c1-13-8-6-11-4-2-10-3-5-12-7-9-13/h10-12H,1-9H2/q+1. The summed E-state index contributed by atoms with van der Waals surface area (Å²) in [6.45, 7) is 12.3. The van der Waals surface area contributed by atoms with Gasteiger partial charge in [0.05, 0.1) is 13.1 Å². The van der Waals surface area contributed by atoms with Gasteiger partial charge >= 0.3 is 0 Å². The van der Waals surface area contributed by atoms with Crippen molar-refractivity contribution in [2.24, 2.45) is 0 Å². The van der Waals surface area contributed by atoms with E-state index in [0.717, 1.165) is 52.4 Å². The van der Waals surface area contributed by atoms with Gasteiger partial charge in [0.15, 0.2) is 13.1 Å². The zero-order valence-corrected chi connectivity index (χ0v) is 8.31. The van der Waals surface area contributed by atoms with Gasteiger partial charge in [-0.05, 0) is 0 Å². The molecule has 0 aromatic rings. The zero-order valence-electron chi connectivity index (χ0n) is 8.31. The molecule has 1 rings (SSSR count). The molecule has 76 valence electrons. The molecule has 0 amide bonds. The van der Waals surface area contributed by atoms with Crippen LogP contribution in [0.15, 0.2) is 0 Å². The van der Waals surface area contributed by atoms with E-state index in [1.165, 1.54) is 0 Å². The van der Waals surface area contributed by atoms with E-state index in [9.17, 15) is 0 Å².